The molecule has 7 heteroatoms. The van der Waals surface area contributed by atoms with Crippen molar-refractivity contribution in [1.82, 2.24) is 25.5 Å². The summed E-state index contributed by atoms with van der Waals surface area (Å²) >= 11 is 0. The molecule has 0 radical (unpaired) electrons. The molecule has 2 aliphatic heterocycles. The summed E-state index contributed by atoms with van der Waals surface area (Å²) in [6.45, 7) is 4.89. The van der Waals surface area contributed by atoms with E-state index in [-0.39, 0.29) is 17.7 Å². The standard InChI is InChI=1S/C17H21N5O2/c23-16-4-2-12(17(24)21-16)11-1-3-13-14(9-11)20-15(19-13)10-22-7-5-18-6-8-22/h1,3,9,12,18H,2,4-8,10H2,(H,19,20)(H,21,23,24). The number of hydrogen-bond acceptors (Lipinski definition) is 5. The maximum absolute atomic E-state index is 12.0. The van der Waals surface area contributed by atoms with Gasteiger partial charge in [-0.1, -0.05) is 6.07 Å². The number of aromatic nitrogens is 2. The van der Waals surface area contributed by atoms with Gasteiger partial charge in [0.1, 0.15) is 5.82 Å². The first kappa shape index (κ1) is 15.3. The molecule has 126 valence electrons. The minimum absolute atomic E-state index is 0.185. The summed E-state index contributed by atoms with van der Waals surface area (Å²) in [7, 11) is 0. The third-order valence-electron chi connectivity index (χ3n) is 4.78. The molecule has 1 unspecified atom stereocenters. The molecule has 24 heavy (non-hydrogen) atoms. The number of rotatable bonds is 3. The molecule has 0 aliphatic carbocycles. The van der Waals surface area contributed by atoms with E-state index in [9.17, 15) is 9.59 Å². The van der Waals surface area contributed by atoms with Crippen LogP contribution in [0.15, 0.2) is 18.2 Å². The minimum Gasteiger partial charge on any atom is -0.341 e. The molecule has 4 rings (SSSR count). The summed E-state index contributed by atoms with van der Waals surface area (Å²) < 4.78 is 0. The van der Waals surface area contributed by atoms with Crippen molar-refractivity contribution in [3.8, 4) is 0 Å². The number of hydrogen-bond donors (Lipinski definition) is 3. The van der Waals surface area contributed by atoms with Crippen molar-refractivity contribution in [3.05, 3.63) is 29.6 Å². The molecule has 7 nitrogen and oxygen atoms in total. The lowest BCUT2D eigenvalue weighted by atomic mass is 9.90. The predicted octanol–water partition coefficient (Wildman–Crippen LogP) is 0.488. The van der Waals surface area contributed by atoms with Crippen LogP contribution in [0.5, 0.6) is 0 Å². The van der Waals surface area contributed by atoms with Crippen molar-refractivity contribution in [2.24, 2.45) is 0 Å². The smallest absolute Gasteiger partial charge is 0.234 e. The zero-order valence-electron chi connectivity index (χ0n) is 13.5. The van der Waals surface area contributed by atoms with E-state index in [1.54, 1.807) is 0 Å². The molecule has 3 N–H and O–H groups in total. The zero-order valence-corrected chi connectivity index (χ0v) is 13.5. The van der Waals surface area contributed by atoms with E-state index in [4.69, 9.17) is 0 Å². The van der Waals surface area contributed by atoms with Gasteiger partial charge in [0.2, 0.25) is 11.8 Å². The summed E-state index contributed by atoms with van der Waals surface area (Å²) in [5, 5.41) is 5.76. The van der Waals surface area contributed by atoms with Crippen LogP contribution in [0, 0.1) is 0 Å². The Morgan fingerprint density at radius 1 is 1.21 bits per heavy atom. The topological polar surface area (TPSA) is 90.1 Å². The van der Waals surface area contributed by atoms with Gasteiger partial charge in [-0.3, -0.25) is 19.8 Å². The summed E-state index contributed by atoms with van der Waals surface area (Å²) in [5.74, 6) is 0.297. The van der Waals surface area contributed by atoms with Crippen molar-refractivity contribution < 1.29 is 9.59 Å². The summed E-state index contributed by atoms with van der Waals surface area (Å²) in [6, 6.07) is 5.89. The number of benzene rings is 1. The quantitative estimate of drug-likeness (QED) is 0.714. The van der Waals surface area contributed by atoms with Crippen LogP contribution in [0.25, 0.3) is 11.0 Å². The van der Waals surface area contributed by atoms with Crippen molar-refractivity contribution in [1.29, 1.82) is 0 Å². The zero-order chi connectivity index (χ0) is 16.5. The van der Waals surface area contributed by atoms with E-state index in [2.05, 4.69) is 25.5 Å². The largest absolute Gasteiger partial charge is 0.341 e. The summed E-state index contributed by atoms with van der Waals surface area (Å²) in [5.41, 5.74) is 2.78. The molecule has 3 heterocycles. The van der Waals surface area contributed by atoms with Gasteiger partial charge < -0.3 is 10.3 Å². The number of carbonyl (C=O) groups is 2. The Kier molecular flexibility index (Phi) is 4.03. The van der Waals surface area contributed by atoms with E-state index < -0.39 is 0 Å². The second kappa shape index (κ2) is 6.33. The van der Waals surface area contributed by atoms with Gasteiger partial charge in [-0.15, -0.1) is 0 Å². The van der Waals surface area contributed by atoms with Gasteiger partial charge in [0.15, 0.2) is 0 Å². The number of carbonyl (C=O) groups excluding carboxylic acids is 2. The van der Waals surface area contributed by atoms with Gasteiger partial charge in [0.25, 0.3) is 0 Å². The van der Waals surface area contributed by atoms with E-state index >= 15 is 0 Å². The highest BCUT2D eigenvalue weighted by Gasteiger charge is 2.28. The maximum Gasteiger partial charge on any atom is 0.234 e. The molecule has 0 saturated carbocycles. The normalized spacial score (nSPS) is 22.8. The maximum atomic E-state index is 12.0. The Labute approximate surface area is 139 Å². The first-order valence-corrected chi connectivity index (χ1v) is 8.44. The molecule has 2 amide bonds. The van der Waals surface area contributed by atoms with Crippen molar-refractivity contribution >= 4 is 22.8 Å². The van der Waals surface area contributed by atoms with E-state index in [1.807, 2.05) is 18.2 Å². The van der Waals surface area contributed by atoms with E-state index in [0.717, 1.165) is 55.1 Å². The number of nitrogens with zero attached hydrogens (tertiary/aromatic N) is 2. The van der Waals surface area contributed by atoms with Crippen LogP contribution in [-0.4, -0.2) is 52.9 Å². The lowest BCUT2D eigenvalue weighted by Gasteiger charge is -2.26. The first-order chi connectivity index (χ1) is 11.7. The minimum atomic E-state index is -0.264. The average molecular weight is 327 g/mol. The number of piperidine rings is 1. The molecule has 2 fully saturated rings. The van der Waals surface area contributed by atoms with Gasteiger partial charge in [-0.25, -0.2) is 4.98 Å². The SMILES string of the molecule is O=C1CCC(c2ccc3[nH]c(CN4CCNCC4)nc3c2)C(=O)N1. The lowest BCUT2D eigenvalue weighted by Crippen LogP contribution is -2.43. The molecule has 2 aromatic rings. The molecule has 1 atom stereocenters. The highest BCUT2D eigenvalue weighted by molar-refractivity contribution is 6.01. The number of H-pyrrole nitrogens is 1. The van der Waals surface area contributed by atoms with Gasteiger partial charge in [0.05, 0.1) is 23.5 Å². The molecule has 2 saturated heterocycles. The van der Waals surface area contributed by atoms with Crippen molar-refractivity contribution in [2.75, 3.05) is 26.2 Å². The number of fused-ring (bicyclic) bond motifs is 1. The average Bonchev–Trinajstić information content (AvgIpc) is 2.97. The van der Waals surface area contributed by atoms with Crippen LogP contribution in [0.4, 0.5) is 0 Å². The summed E-state index contributed by atoms with van der Waals surface area (Å²) in [6.07, 6.45) is 0.956. The first-order valence-electron chi connectivity index (χ1n) is 8.44. The van der Waals surface area contributed by atoms with Crippen LogP contribution in [0.1, 0.15) is 30.1 Å². The Bertz CT molecular complexity index is 778. The highest BCUT2D eigenvalue weighted by Crippen LogP contribution is 2.27. The number of imide groups is 1. The predicted molar refractivity (Wildman–Crippen MR) is 89.4 cm³/mol. The Morgan fingerprint density at radius 3 is 2.83 bits per heavy atom. The molecular weight excluding hydrogens is 306 g/mol. The second-order valence-electron chi connectivity index (χ2n) is 6.49. The number of nitrogens with one attached hydrogen (secondary N) is 3. The van der Waals surface area contributed by atoms with Crippen LogP contribution >= 0.6 is 0 Å². The third kappa shape index (κ3) is 3.05. The Balaban J connectivity index is 1.54. The van der Waals surface area contributed by atoms with Gasteiger partial charge in [0, 0.05) is 32.6 Å². The lowest BCUT2D eigenvalue weighted by molar-refractivity contribution is -0.134. The number of aromatic amines is 1. The third-order valence-corrected chi connectivity index (χ3v) is 4.78. The molecule has 0 spiro atoms. The fourth-order valence-electron chi connectivity index (χ4n) is 3.46. The number of amides is 2. The van der Waals surface area contributed by atoms with Crippen LogP contribution in [-0.2, 0) is 16.1 Å². The Morgan fingerprint density at radius 2 is 2.04 bits per heavy atom. The van der Waals surface area contributed by atoms with Crippen LogP contribution in [0.3, 0.4) is 0 Å². The molecular formula is C17H21N5O2. The molecule has 1 aromatic heterocycles. The monoisotopic (exact) mass is 327 g/mol. The van der Waals surface area contributed by atoms with Gasteiger partial charge in [-0.2, -0.15) is 0 Å². The molecule has 1 aromatic carbocycles. The number of piperazine rings is 1. The fraction of sp³-hybridized carbons (Fsp3) is 0.471. The van der Waals surface area contributed by atoms with Crippen LogP contribution < -0.4 is 10.6 Å². The van der Waals surface area contributed by atoms with E-state index in [0.29, 0.717) is 12.8 Å². The van der Waals surface area contributed by atoms with Crippen LogP contribution in [0.2, 0.25) is 0 Å². The second-order valence-corrected chi connectivity index (χ2v) is 6.49. The Hall–Kier alpha value is -2.25. The van der Waals surface area contributed by atoms with Crippen molar-refractivity contribution in [3.63, 3.8) is 0 Å². The van der Waals surface area contributed by atoms with Gasteiger partial charge in [-0.05, 0) is 24.1 Å². The molecule has 0 bridgehead atoms. The summed E-state index contributed by atoms with van der Waals surface area (Å²) in [4.78, 5) is 33.8. The van der Waals surface area contributed by atoms with Crippen molar-refractivity contribution in [2.45, 2.75) is 25.3 Å². The number of imidazole rings is 1. The highest BCUT2D eigenvalue weighted by atomic mass is 16.2. The fourth-order valence-corrected chi connectivity index (χ4v) is 3.46. The van der Waals surface area contributed by atoms with E-state index in [1.165, 1.54) is 0 Å². The molecule has 2 aliphatic rings. The van der Waals surface area contributed by atoms with Gasteiger partial charge >= 0.3 is 0 Å².